The Kier molecular flexibility index (Phi) is 3.06. The largest absolute Gasteiger partial charge is 0.370 e. The zero-order valence-electron chi connectivity index (χ0n) is 8.34. The third kappa shape index (κ3) is 2.45. The molecule has 14 heavy (non-hydrogen) atoms. The summed E-state index contributed by atoms with van der Waals surface area (Å²) in [4.78, 5) is 3.86. The van der Waals surface area contributed by atoms with Crippen molar-refractivity contribution in [2.24, 2.45) is 16.5 Å². The van der Waals surface area contributed by atoms with Crippen LogP contribution < -0.4 is 11.5 Å². The summed E-state index contributed by atoms with van der Waals surface area (Å²) in [5, 5.41) is 0. The van der Waals surface area contributed by atoms with E-state index in [0.29, 0.717) is 17.7 Å². The maximum Gasteiger partial charge on any atom is 0.186 e. The number of aryl methyl sites for hydroxylation is 2. The molecular weight excluding hydrogens is 181 g/mol. The molecule has 0 fully saturated rings. The lowest BCUT2D eigenvalue weighted by atomic mass is 10.1. The summed E-state index contributed by atoms with van der Waals surface area (Å²) >= 11 is 0. The fourth-order valence-corrected chi connectivity index (χ4v) is 1.31. The average Bonchev–Trinajstić information content (AvgIpc) is 2.10. The topological polar surface area (TPSA) is 64.4 Å². The lowest BCUT2D eigenvalue weighted by molar-refractivity contribution is 0.608. The highest BCUT2D eigenvalue weighted by Gasteiger charge is 2.03. The van der Waals surface area contributed by atoms with Gasteiger partial charge in [-0.2, -0.15) is 0 Å². The number of hydrogen-bond donors (Lipinski definition) is 2. The van der Waals surface area contributed by atoms with Gasteiger partial charge in [-0.15, -0.1) is 0 Å². The molecular formula is C10H14FN3. The number of aliphatic imine (C=N–C) groups is 1. The van der Waals surface area contributed by atoms with E-state index >= 15 is 0 Å². The van der Waals surface area contributed by atoms with Crippen molar-refractivity contribution in [1.82, 2.24) is 0 Å². The summed E-state index contributed by atoms with van der Waals surface area (Å²) in [6.45, 7) is 3.84. The van der Waals surface area contributed by atoms with Crippen LogP contribution in [-0.4, -0.2) is 5.96 Å². The fraction of sp³-hybridized carbons (Fsp3) is 0.300. The molecule has 0 radical (unpaired) electrons. The van der Waals surface area contributed by atoms with Crippen LogP contribution in [0.4, 0.5) is 4.39 Å². The molecule has 0 amide bonds. The van der Waals surface area contributed by atoms with Crippen molar-refractivity contribution in [3.63, 3.8) is 0 Å². The Morgan fingerprint density at radius 2 is 1.79 bits per heavy atom. The van der Waals surface area contributed by atoms with Crippen LogP contribution in [0, 0.1) is 19.7 Å². The minimum atomic E-state index is -0.168. The highest BCUT2D eigenvalue weighted by atomic mass is 19.1. The Morgan fingerprint density at radius 3 is 2.21 bits per heavy atom. The van der Waals surface area contributed by atoms with Crippen LogP contribution in [0.5, 0.6) is 0 Å². The van der Waals surface area contributed by atoms with E-state index < -0.39 is 0 Å². The summed E-state index contributed by atoms with van der Waals surface area (Å²) < 4.78 is 13.2. The molecule has 3 nitrogen and oxygen atoms in total. The number of hydrogen-bond acceptors (Lipinski definition) is 1. The van der Waals surface area contributed by atoms with Crippen LogP contribution in [0.2, 0.25) is 0 Å². The van der Waals surface area contributed by atoms with Gasteiger partial charge in [-0.1, -0.05) is 12.1 Å². The molecule has 4 heteroatoms. The maximum atomic E-state index is 13.2. The fourth-order valence-electron chi connectivity index (χ4n) is 1.31. The first-order chi connectivity index (χ1) is 6.50. The molecule has 0 spiro atoms. The van der Waals surface area contributed by atoms with Crippen molar-refractivity contribution >= 4 is 5.96 Å². The smallest absolute Gasteiger partial charge is 0.186 e. The number of nitrogens with zero attached hydrogens (tertiary/aromatic N) is 1. The van der Waals surface area contributed by atoms with E-state index in [-0.39, 0.29) is 11.8 Å². The van der Waals surface area contributed by atoms with Crippen molar-refractivity contribution in [2.75, 3.05) is 0 Å². The quantitative estimate of drug-likeness (QED) is 0.550. The van der Waals surface area contributed by atoms with Gasteiger partial charge < -0.3 is 11.5 Å². The first-order valence-electron chi connectivity index (χ1n) is 4.31. The van der Waals surface area contributed by atoms with Gasteiger partial charge in [0.05, 0.1) is 6.54 Å². The van der Waals surface area contributed by atoms with Gasteiger partial charge in [0.1, 0.15) is 5.82 Å². The maximum absolute atomic E-state index is 13.2. The van der Waals surface area contributed by atoms with Crippen LogP contribution in [0.3, 0.4) is 0 Å². The molecule has 1 rings (SSSR count). The highest BCUT2D eigenvalue weighted by molar-refractivity contribution is 5.75. The van der Waals surface area contributed by atoms with Gasteiger partial charge >= 0.3 is 0 Å². The van der Waals surface area contributed by atoms with Crippen LogP contribution in [0.25, 0.3) is 0 Å². The summed E-state index contributed by atoms with van der Waals surface area (Å²) in [6, 6.07) is 3.49. The van der Waals surface area contributed by atoms with Crippen molar-refractivity contribution < 1.29 is 4.39 Å². The SMILES string of the molecule is Cc1cc(CN=C(N)N)cc(C)c1F. The molecule has 0 aromatic heterocycles. The molecule has 0 saturated carbocycles. The van der Waals surface area contributed by atoms with Crippen molar-refractivity contribution in [3.05, 3.63) is 34.6 Å². The van der Waals surface area contributed by atoms with Gasteiger partial charge in [0.15, 0.2) is 5.96 Å². The Balaban J connectivity index is 2.95. The molecule has 0 atom stereocenters. The van der Waals surface area contributed by atoms with Gasteiger partial charge in [0, 0.05) is 0 Å². The van der Waals surface area contributed by atoms with Crippen LogP contribution in [0.15, 0.2) is 17.1 Å². The van der Waals surface area contributed by atoms with Crippen molar-refractivity contribution in [2.45, 2.75) is 20.4 Å². The molecule has 4 N–H and O–H groups in total. The predicted octanol–water partition coefficient (Wildman–Crippen LogP) is 1.22. The van der Waals surface area contributed by atoms with Crippen molar-refractivity contribution in [1.29, 1.82) is 0 Å². The molecule has 0 saturated heterocycles. The Morgan fingerprint density at radius 1 is 1.29 bits per heavy atom. The van der Waals surface area contributed by atoms with Gasteiger partial charge in [-0.3, -0.25) is 0 Å². The standard InChI is InChI=1S/C10H14FN3/c1-6-3-8(5-14-10(12)13)4-7(2)9(6)11/h3-4H,5H2,1-2H3,(H4,12,13,14). The Bertz CT molecular complexity index is 345. The minimum Gasteiger partial charge on any atom is -0.370 e. The summed E-state index contributed by atoms with van der Waals surface area (Å²) in [5.74, 6) is -0.122. The molecule has 1 aromatic rings. The monoisotopic (exact) mass is 195 g/mol. The van der Waals surface area contributed by atoms with E-state index in [1.165, 1.54) is 0 Å². The summed E-state index contributed by atoms with van der Waals surface area (Å²) in [7, 11) is 0. The molecule has 0 bridgehead atoms. The van der Waals surface area contributed by atoms with Crippen molar-refractivity contribution in [3.8, 4) is 0 Å². The van der Waals surface area contributed by atoms with Gasteiger partial charge in [0.2, 0.25) is 0 Å². The normalized spacial score (nSPS) is 9.93. The average molecular weight is 195 g/mol. The van der Waals surface area contributed by atoms with Crippen LogP contribution >= 0.6 is 0 Å². The number of halogens is 1. The lowest BCUT2D eigenvalue weighted by Gasteiger charge is -2.04. The molecule has 0 heterocycles. The van der Waals surface area contributed by atoms with E-state index in [2.05, 4.69) is 4.99 Å². The van der Waals surface area contributed by atoms with E-state index in [1.54, 1.807) is 26.0 Å². The summed E-state index contributed by atoms with van der Waals surface area (Å²) in [5.41, 5.74) is 12.5. The molecule has 76 valence electrons. The predicted molar refractivity (Wildman–Crippen MR) is 55.4 cm³/mol. The lowest BCUT2D eigenvalue weighted by Crippen LogP contribution is -2.22. The first kappa shape index (κ1) is 10.5. The molecule has 0 aliphatic rings. The second-order valence-electron chi connectivity index (χ2n) is 3.28. The van der Waals surface area contributed by atoms with E-state index in [1.807, 2.05) is 0 Å². The van der Waals surface area contributed by atoms with E-state index in [9.17, 15) is 4.39 Å². The van der Waals surface area contributed by atoms with Gasteiger partial charge in [-0.05, 0) is 30.5 Å². The second kappa shape index (κ2) is 4.09. The summed E-state index contributed by atoms with van der Waals surface area (Å²) in [6.07, 6.45) is 0. The Labute approximate surface area is 82.6 Å². The third-order valence-corrected chi connectivity index (χ3v) is 1.94. The minimum absolute atomic E-state index is 0.0460. The zero-order valence-corrected chi connectivity index (χ0v) is 8.34. The van der Waals surface area contributed by atoms with Gasteiger partial charge in [0.25, 0.3) is 0 Å². The van der Waals surface area contributed by atoms with Gasteiger partial charge in [-0.25, -0.2) is 9.38 Å². The van der Waals surface area contributed by atoms with Crippen LogP contribution in [0.1, 0.15) is 16.7 Å². The first-order valence-corrected chi connectivity index (χ1v) is 4.31. The van der Waals surface area contributed by atoms with E-state index in [4.69, 9.17) is 11.5 Å². The molecule has 1 aromatic carbocycles. The number of nitrogens with two attached hydrogens (primary N) is 2. The highest BCUT2D eigenvalue weighted by Crippen LogP contribution is 2.15. The van der Waals surface area contributed by atoms with Crippen LogP contribution in [-0.2, 0) is 6.54 Å². The number of guanidine groups is 1. The molecule has 0 aliphatic heterocycles. The van der Waals surface area contributed by atoms with E-state index in [0.717, 1.165) is 5.56 Å². The molecule has 0 unspecified atom stereocenters. The second-order valence-corrected chi connectivity index (χ2v) is 3.28. The third-order valence-electron chi connectivity index (χ3n) is 1.94. The number of rotatable bonds is 2. The molecule has 0 aliphatic carbocycles. The Hall–Kier alpha value is -1.58. The zero-order chi connectivity index (χ0) is 10.7. The number of benzene rings is 1.